The first-order valence-corrected chi connectivity index (χ1v) is 5.60. The highest BCUT2D eigenvalue weighted by Gasteiger charge is 2.19. The van der Waals surface area contributed by atoms with Gasteiger partial charge in [0.1, 0.15) is 4.90 Å². The monoisotopic (exact) mass is 219 g/mol. The van der Waals surface area contributed by atoms with E-state index in [9.17, 15) is 8.42 Å². The number of hydrogen-bond acceptors (Lipinski definition) is 4. The van der Waals surface area contributed by atoms with Gasteiger partial charge in [-0.05, 0) is 0 Å². The van der Waals surface area contributed by atoms with Crippen LogP contribution in [0.15, 0.2) is 11.1 Å². The molecule has 0 aliphatic carbocycles. The van der Waals surface area contributed by atoms with Crippen molar-refractivity contribution in [3.63, 3.8) is 0 Å². The first-order chi connectivity index (χ1) is 5.96. The van der Waals surface area contributed by atoms with Crippen LogP contribution in [-0.4, -0.2) is 18.2 Å². The fraction of sp³-hybridized carbons (Fsp3) is 0.333. The predicted molar refractivity (Wildman–Crippen MR) is 45.6 cm³/mol. The standard InChI is InChI=1S/C6H6ClN3O2S/c1-10-5(2-3-8)6(4-9-10)13(7,11)12/h4H,2H2,1H3. The molecule has 0 saturated carbocycles. The second-order valence-corrected chi connectivity index (χ2v) is 4.89. The van der Waals surface area contributed by atoms with Gasteiger partial charge in [0.05, 0.1) is 24.4 Å². The molecule has 1 aromatic rings. The van der Waals surface area contributed by atoms with E-state index in [4.69, 9.17) is 15.9 Å². The number of nitriles is 1. The molecule has 5 nitrogen and oxygen atoms in total. The van der Waals surface area contributed by atoms with Crippen LogP contribution in [0.4, 0.5) is 0 Å². The van der Waals surface area contributed by atoms with Gasteiger partial charge in [-0.3, -0.25) is 4.68 Å². The van der Waals surface area contributed by atoms with E-state index in [0.29, 0.717) is 5.69 Å². The summed E-state index contributed by atoms with van der Waals surface area (Å²) < 4.78 is 23.2. The van der Waals surface area contributed by atoms with E-state index in [-0.39, 0.29) is 11.3 Å². The van der Waals surface area contributed by atoms with Gasteiger partial charge in [0.25, 0.3) is 9.05 Å². The minimum atomic E-state index is -3.80. The summed E-state index contributed by atoms with van der Waals surface area (Å²) in [6.45, 7) is 0. The maximum atomic E-state index is 10.9. The molecule has 0 saturated heterocycles. The van der Waals surface area contributed by atoms with Gasteiger partial charge in [-0.15, -0.1) is 0 Å². The largest absolute Gasteiger partial charge is 0.270 e. The van der Waals surface area contributed by atoms with Crippen LogP contribution in [0.1, 0.15) is 5.69 Å². The molecule has 0 aromatic carbocycles. The van der Waals surface area contributed by atoms with Crippen molar-refractivity contribution in [1.29, 1.82) is 5.26 Å². The summed E-state index contributed by atoms with van der Waals surface area (Å²) in [5.41, 5.74) is 0.303. The Hall–Kier alpha value is -1.06. The third-order valence-electron chi connectivity index (χ3n) is 1.53. The van der Waals surface area contributed by atoms with E-state index in [2.05, 4.69) is 5.10 Å². The SMILES string of the molecule is Cn1ncc(S(=O)(=O)Cl)c1CC#N. The summed E-state index contributed by atoms with van der Waals surface area (Å²) in [7, 11) is 2.88. The van der Waals surface area contributed by atoms with Crippen molar-refractivity contribution in [2.24, 2.45) is 7.05 Å². The van der Waals surface area contributed by atoms with E-state index < -0.39 is 9.05 Å². The molecule has 70 valence electrons. The zero-order valence-corrected chi connectivity index (χ0v) is 8.30. The number of nitrogens with zero attached hydrogens (tertiary/aromatic N) is 3. The Morgan fingerprint density at radius 3 is 2.85 bits per heavy atom. The predicted octanol–water partition coefficient (Wildman–Crippen LogP) is 0.414. The van der Waals surface area contributed by atoms with Crippen LogP contribution in [0.2, 0.25) is 0 Å². The van der Waals surface area contributed by atoms with Crippen molar-refractivity contribution in [2.45, 2.75) is 11.3 Å². The number of halogens is 1. The van der Waals surface area contributed by atoms with E-state index in [1.807, 2.05) is 6.07 Å². The fourth-order valence-electron chi connectivity index (χ4n) is 0.923. The molecule has 0 radical (unpaired) electrons. The summed E-state index contributed by atoms with van der Waals surface area (Å²) in [5, 5.41) is 12.1. The number of aromatic nitrogens is 2. The number of aryl methyl sites for hydroxylation is 1. The lowest BCUT2D eigenvalue weighted by molar-refractivity contribution is 0.608. The summed E-state index contributed by atoms with van der Waals surface area (Å²) in [6.07, 6.45) is 1.10. The van der Waals surface area contributed by atoms with Crippen molar-refractivity contribution < 1.29 is 8.42 Å². The highest BCUT2D eigenvalue weighted by atomic mass is 35.7. The molecular formula is C6H6ClN3O2S. The minimum Gasteiger partial charge on any atom is -0.270 e. The Kier molecular flexibility index (Phi) is 2.59. The van der Waals surface area contributed by atoms with E-state index >= 15 is 0 Å². The average Bonchev–Trinajstić information content (AvgIpc) is 2.32. The quantitative estimate of drug-likeness (QED) is 0.676. The third kappa shape index (κ3) is 1.99. The lowest BCUT2D eigenvalue weighted by Gasteiger charge is -1.97. The van der Waals surface area contributed by atoms with E-state index in [1.54, 1.807) is 7.05 Å². The van der Waals surface area contributed by atoms with Gasteiger partial charge in [-0.25, -0.2) is 8.42 Å². The molecule has 1 heterocycles. The second kappa shape index (κ2) is 3.36. The molecule has 0 aliphatic heterocycles. The summed E-state index contributed by atoms with van der Waals surface area (Å²) in [6, 6.07) is 1.84. The van der Waals surface area contributed by atoms with Gasteiger partial charge in [0.15, 0.2) is 0 Å². The van der Waals surface area contributed by atoms with Crippen molar-refractivity contribution in [2.75, 3.05) is 0 Å². The van der Waals surface area contributed by atoms with Crippen molar-refractivity contribution >= 4 is 19.7 Å². The van der Waals surface area contributed by atoms with Gasteiger partial charge < -0.3 is 0 Å². The molecule has 0 amide bonds. The zero-order chi connectivity index (χ0) is 10.1. The highest BCUT2D eigenvalue weighted by Crippen LogP contribution is 2.18. The summed E-state index contributed by atoms with van der Waals surface area (Å²) >= 11 is 0. The Balaban J connectivity index is 3.33. The van der Waals surface area contributed by atoms with Crippen LogP contribution < -0.4 is 0 Å². The Morgan fingerprint density at radius 1 is 1.77 bits per heavy atom. The van der Waals surface area contributed by atoms with Crippen LogP contribution in [0.3, 0.4) is 0 Å². The summed E-state index contributed by atoms with van der Waals surface area (Å²) in [4.78, 5) is -0.0989. The maximum absolute atomic E-state index is 10.9. The molecular weight excluding hydrogens is 214 g/mol. The molecule has 13 heavy (non-hydrogen) atoms. The van der Waals surface area contributed by atoms with Gasteiger partial charge >= 0.3 is 0 Å². The molecule has 0 unspecified atom stereocenters. The molecule has 1 rings (SSSR count). The van der Waals surface area contributed by atoms with Crippen molar-refractivity contribution in [1.82, 2.24) is 9.78 Å². The minimum absolute atomic E-state index is 0.0300. The first-order valence-electron chi connectivity index (χ1n) is 3.29. The van der Waals surface area contributed by atoms with Gasteiger partial charge in [0, 0.05) is 17.7 Å². The molecule has 0 fully saturated rings. The lowest BCUT2D eigenvalue weighted by Crippen LogP contribution is -2.01. The molecule has 0 aliphatic rings. The van der Waals surface area contributed by atoms with Gasteiger partial charge in [-0.1, -0.05) is 0 Å². The smallest absolute Gasteiger partial charge is 0.264 e. The van der Waals surface area contributed by atoms with Crippen LogP contribution in [0.5, 0.6) is 0 Å². The zero-order valence-electron chi connectivity index (χ0n) is 6.73. The molecule has 0 atom stereocenters. The first kappa shape index (κ1) is 10.0. The van der Waals surface area contributed by atoms with Crippen molar-refractivity contribution in [3.8, 4) is 6.07 Å². The van der Waals surface area contributed by atoms with Crippen LogP contribution in [-0.2, 0) is 22.5 Å². The Morgan fingerprint density at radius 2 is 2.38 bits per heavy atom. The molecule has 1 aromatic heterocycles. The molecule has 7 heteroatoms. The van der Waals surface area contributed by atoms with Crippen LogP contribution >= 0.6 is 10.7 Å². The average molecular weight is 220 g/mol. The molecule has 0 bridgehead atoms. The van der Waals surface area contributed by atoms with E-state index in [0.717, 1.165) is 6.20 Å². The van der Waals surface area contributed by atoms with Crippen molar-refractivity contribution in [3.05, 3.63) is 11.9 Å². The fourth-order valence-corrected chi connectivity index (χ4v) is 1.97. The van der Waals surface area contributed by atoms with Gasteiger partial charge in [0.2, 0.25) is 0 Å². The number of rotatable bonds is 2. The Bertz CT molecular complexity index is 457. The lowest BCUT2D eigenvalue weighted by atomic mass is 10.3. The van der Waals surface area contributed by atoms with E-state index in [1.165, 1.54) is 4.68 Å². The second-order valence-electron chi connectivity index (χ2n) is 2.35. The number of hydrogen-bond donors (Lipinski definition) is 0. The topological polar surface area (TPSA) is 75.8 Å². The van der Waals surface area contributed by atoms with Gasteiger partial charge in [-0.2, -0.15) is 10.4 Å². The normalized spacial score (nSPS) is 11.2. The summed E-state index contributed by atoms with van der Waals surface area (Å²) in [5.74, 6) is 0. The Labute approximate surface area is 80.0 Å². The van der Waals surface area contributed by atoms with Crippen LogP contribution in [0, 0.1) is 11.3 Å². The molecule has 0 spiro atoms. The third-order valence-corrected chi connectivity index (χ3v) is 2.90. The molecule has 0 N–H and O–H groups in total. The highest BCUT2D eigenvalue weighted by molar-refractivity contribution is 8.13. The maximum Gasteiger partial charge on any atom is 0.264 e. The van der Waals surface area contributed by atoms with Crippen LogP contribution in [0.25, 0.3) is 0 Å².